The molecule has 15 heavy (non-hydrogen) atoms. The molecule has 3 rings (SSSR count). The van der Waals surface area contributed by atoms with Crippen LogP contribution in [0.2, 0.25) is 0 Å². The van der Waals surface area contributed by atoms with Gasteiger partial charge >= 0.3 is 0 Å². The average molecular weight is 207 g/mol. The predicted molar refractivity (Wildman–Crippen MR) is 55.3 cm³/mol. The topological polar surface area (TPSA) is 64.9 Å². The second-order valence-electron chi connectivity index (χ2n) is 5.28. The van der Waals surface area contributed by atoms with Crippen LogP contribution in [-0.4, -0.2) is 16.2 Å². The minimum absolute atomic E-state index is 0.200. The van der Waals surface area contributed by atoms with E-state index in [9.17, 15) is 0 Å². The van der Waals surface area contributed by atoms with Crippen molar-refractivity contribution in [3.8, 4) is 0 Å². The van der Waals surface area contributed by atoms with E-state index in [0.29, 0.717) is 5.92 Å². The van der Waals surface area contributed by atoms with Crippen molar-refractivity contribution in [3.05, 3.63) is 11.7 Å². The highest BCUT2D eigenvalue weighted by molar-refractivity contribution is 5.14. The minimum Gasteiger partial charge on any atom is -0.339 e. The van der Waals surface area contributed by atoms with Gasteiger partial charge in [-0.05, 0) is 31.6 Å². The third-order valence-corrected chi connectivity index (χ3v) is 3.65. The Kier molecular flexibility index (Phi) is 1.89. The van der Waals surface area contributed by atoms with Gasteiger partial charge in [0, 0.05) is 17.9 Å². The molecule has 1 aromatic heterocycles. The standard InChI is InChI=1S/C11H17N3O/c1-11(4-5-11)10-13-9(15-14-10)6-8(12)7-2-3-7/h7-8H,2-6,12H2,1H3. The normalized spacial score (nSPS) is 25.2. The van der Waals surface area contributed by atoms with Gasteiger partial charge in [0.1, 0.15) is 0 Å². The van der Waals surface area contributed by atoms with Gasteiger partial charge in [-0.3, -0.25) is 0 Å². The molecule has 0 aromatic carbocycles. The summed E-state index contributed by atoms with van der Waals surface area (Å²) in [7, 11) is 0. The molecule has 1 aromatic rings. The SMILES string of the molecule is CC1(c2noc(CC(N)C3CC3)n2)CC1. The second kappa shape index (κ2) is 3.04. The Bertz CT molecular complexity index is 366. The Hall–Kier alpha value is -0.900. The molecule has 1 atom stereocenters. The lowest BCUT2D eigenvalue weighted by Gasteiger charge is -2.04. The van der Waals surface area contributed by atoms with Gasteiger partial charge < -0.3 is 10.3 Å². The molecular weight excluding hydrogens is 190 g/mol. The van der Waals surface area contributed by atoms with Crippen molar-refractivity contribution < 1.29 is 4.52 Å². The van der Waals surface area contributed by atoms with Gasteiger partial charge in [0.05, 0.1) is 0 Å². The molecule has 0 bridgehead atoms. The number of aromatic nitrogens is 2. The quantitative estimate of drug-likeness (QED) is 0.810. The fourth-order valence-corrected chi connectivity index (χ4v) is 1.89. The zero-order valence-electron chi connectivity index (χ0n) is 9.07. The molecule has 0 aliphatic heterocycles. The summed E-state index contributed by atoms with van der Waals surface area (Å²) < 4.78 is 5.24. The Labute approximate surface area is 89.2 Å². The van der Waals surface area contributed by atoms with Crippen LogP contribution in [0.5, 0.6) is 0 Å². The van der Waals surface area contributed by atoms with E-state index in [-0.39, 0.29) is 11.5 Å². The molecule has 2 aliphatic carbocycles. The fraction of sp³-hybridized carbons (Fsp3) is 0.818. The molecule has 2 aliphatic rings. The van der Waals surface area contributed by atoms with Crippen LogP contribution >= 0.6 is 0 Å². The van der Waals surface area contributed by atoms with E-state index in [1.165, 1.54) is 25.7 Å². The summed E-state index contributed by atoms with van der Waals surface area (Å²) in [5.41, 5.74) is 6.22. The van der Waals surface area contributed by atoms with Crippen molar-refractivity contribution in [2.24, 2.45) is 11.7 Å². The van der Waals surface area contributed by atoms with Crippen molar-refractivity contribution >= 4 is 0 Å². The van der Waals surface area contributed by atoms with Crippen LogP contribution in [0.1, 0.15) is 44.3 Å². The largest absolute Gasteiger partial charge is 0.339 e. The molecule has 4 heteroatoms. The van der Waals surface area contributed by atoms with Crippen LogP contribution in [0.25, 0.3) is 0 Å². The summed E-state index contributed by atoms with van der Waals surface area (Å²) in [5.74, 6) is 2.29. The van der Waals surface area contributed by atoms with E-state index in [0.717, 1.165) is 18.1 Å². The number of nitrogens with zero attached hydrogens (tertiary/aromatic N) is 2. The van der Waals surface area contributed by atoms with Crippen LogP contribution in [0, 0.1) is 5.92 Å². The fourth-order valence-electron chi connectivity index (χ4n) is 1.89. The maximum Gasteiger partial charge on any atom is 0.228 e. The molecule has 0 radical (unpaired) electrons. The zero-order chi connectivity index (χ0) is 10.5. The highest BCUT2D eigenvalue weighted by Crippen LogP contribution is 2.46. The first-order valence-corrected chi connectivity index (χ1v) is 5.76. The van der Waals surface area contributed by atoms with E-state index in [1.807, 2.05) is 0 Å². The first-order chi connectivity index (χ1) is 7.17. The molecule has 2 N–H and O–H groups in total. The van der Waals surface area contributed by atoms with E-state index in [1.54, 1.807) is 0 Å². The van der Waals surface area contributed by atoms with Gasteiger partial charge in [-0.1, -0.05) is 12.1 Å². The van der Waals surface area contributed by atoms with Crippen molar-refractivity contribution in [3.63, 3.8) is 0 Å². The molecule has 2 fully saturated rings. The molecule has 2 saturated carbocycles. The lowest BCUT2D eigenvalue weighted by molar-refractivity contribution is 0.356. The Morgan fingerprint density at radius 3 is 2.87 bits per heavy atom. The number of hydrogen-bond acceptors (Lipinski definition) is 4. The summed E-state index contributed by atoms with van der Waals surface area (Å²) >= 11 is 0. The van der Waals surface area contributed by atoms with Crippen LogP contribution < -0.4 is 5.73 Å². The average Bonchev–Trinajstić information content (AvgIpc) is 3.10. The molecule has 0 saturated heterocycles. The lowest BCUT2D eigenvalue weighted by Crippen LogP contribution is -2.25. The smallest absolute Gasteiger partial charge is 0.228 e. The zero-order valence-corrected chi connectivity index (χ0v) is 9.07. The monoisotopic (exact) mass is 207 g/mol. The van der Waals surface area contributed by atoms with Gasteiger partial charge in [0.2, 0.25) is 5.89 Å². The van der Waals surface area contributed by atoms with Gasteiger partial charge in [0.15, 0.2) is 5.82 Å². The Balaban J connectivity index is 1.67. The third kappa shape index (κ3) is 1.78. The minimum atomic E-state index is 0.200. The highest BCUT2D eigenvalue weighted by Gasteiger charge is 2.43. The first-order valence-electron chi connectivity index (χ1n) is 5.76. The molecule has 0 amide bonds. The maximum absolute atomic E-state index is 6.02. The highest BCUT2D eigenvalue weighted by atomic mass is 16.5. The summed E-state index contributed by atoms with van der Waals surface area (Å²) in [6.45, 7) is 2.18. The predicted octanol–water partition coefficient (Wildman–Crippen LogP) is 1.40. The van der Waals surface area contributed by atoms with E-state index in [2.05, 4.69) is 17.1 Å². The molecule has 4 nitrogen and oxygen atoms in total. The molecule has 0 spiro atoms. The van der Waals surface area contributed by atoms with Crippen LogP contribution in [0.15, 0.2) is 4.52 Å². The first kappa shape index (κ1) is 9.33. The molecule has 82 valence electrons. The second-order valence-corrected chi connectivity index (χ2v) is 5.28. The third-order valence-electron chi connectivity index (χ3n) is 3.65. The number of nitrogens with two attached hydrogens (primary N) is 1. The molecule has 1 heterocycles. The summed E-state index contributed by atoms with van der Waals surface area (Å²) in [5, 5.41) is 4.04. The Morgan fingerprint density at radius 1 is 1.53 bits per heavy atom. The lowest BCUT2D eigenvalue weighted by atomic mass is 10.1. The van der Waals surface area contributed by atoms with Crippen LogP contribution in [-0.2, 0) is 11.8 Å². The van der Waals surface area contributed by atoms with E-state index in [4.69, 9.17) is 10.3 Å². The van der Waals surface area contributed by atoms with Gasteiger partial charge in [-0.2, -0.15) is 4.98 Å². The Morgan fingerprint density at radius 2 is 2.27 bits per heavy atom. The summed E-state index contributed by atoms with van der Waals surface area (Å²) in [6.07, 6.45) is 5.63. The molecule has 1 unspecified atom stereocenters. The van der Waals surface area contributed by atoms with Gasteiger partial charge in [-0.25, -0.2) is 0 Å². The van der Waals surface area contributed by atoms with E-state index < -0.39 is 0 Å². The van der Waals surface area contributed by atoms with Gasteiger partial charge in [-0.15, -0.1) is 0 Å². The number of hydrogen-bond donors (Lipinski definition) is 1. The summed E-state index contributed by atoms with van der Waals surface area (Å²) in [6, 6.07) is 0.213. The van der Waals surface area contributed by atoms with Crippen molar-refractivity contribution in [1.29, 1.82) is 0 Å². The van der Waals surface area contributed by atoms with Crippen LogP contribution in [0.4, 0.5) is 0 Å². The maximum atomic E-state index is 6.02. The van der Waals surface area contributed by atoms with Crippen molar-refractivity contribution in [2.75, 3.05) is 0 Å². The number of rotatable bonds is 4. The van der Waals surface area contributed by atoms with Gasteiger partial charge in [0.25, 0.3) is 0 Å². The van der Waals surface area contributed by atoms with Crippen LogP contribution in [0.3, 0.4) is 0 Å². The van der Waals surface area contributed by atoms with Crippen molar-refractivity contribution in [1.82, 2.24) is 10.1 Å². The molecular formula is C11H17N3O. The van der Waals surface area contributed by atoms with E-state index >= 15 is 0 Å². The van der Waals surface area contributed by atoms with Crippen molar-refractivity contribution in [2.45, 2.75) is 50.5 Å². The summed E-state index contributed by atoms with van der Waals surface area (Å²) in [4.78, 5) is 4.44.